The van der Waals surface area contributed by atoms with Crippen molar-refractivity contribution in [2.24, 2.45) is 0 Å². The van der Waals surface area contributed by atoms with E-state index in [1.165, 1.54) is 0 Å². The number of methoxy groups -OCH3 is 1. The third-order valence-corrected chi connectivity index (χ3v) is 3.76. The second-order valence-corrected chi connectivity index (χ2v) is 6.44. The van der Waals surface area contributed by atoms with Crippen molar-refractivity contribution in [1.29, 1.82) is 0 Å². The van der Waals surface area contributed by atoms with E-state index in [1.807, 2.05) is 20.2 Å². The fourth-order valence-electron chi connectivity index (χ4n) is 1.69. The lowest BCUT2D eigenvalue weighted by atomic mass is 10.2. The topological polar surface area (TPSA) is 33.7 Å². The van der Waals surface area contributed by atoms with Crippen LogP contribution in [0.15, 0.2) is 21.1 Å². The lowest BCUT2D eigenvalue weighted by Gasteiger charge is -2.13. The second-order valence-electron chi connectivity index (χ2n) is 4.67. The van der Waals surface area contributed by atoms with Crippen LogP contribution in [0, 0.1) is 0 Å². The molecule has 0 unspecified atom stereocenters. The second kappa shape index (κ2) is 9.73. The van der Waals surface area contributed by atoms with Crippen LogP contribution >= 0.6 is 31.9 Å². The summed E-state index contributed by atoms with van der Waals surface area (Å²) in [7, 11) is 5.76. The molecular formula is C14H22Br2N2O2. The molecule has 0 aliphatic rings. The molecule has 0 radical (unpaired) electrons. The molecule has 1 rings (SSSR count). The minimum absolute atomic E-state index is 0.714. The van der Waals surface area contributed by atoms with Crippen LogP contribution in [0.4, 0.5) is 0 Å². The number of rotatable bonds is 9. The SMILES string of the molecule is COc1c(Br)cc(Br)cc1CNCCOCCN(C)C. The van der Waals surface area contributed by atoms with Crippen molar-refractivity contribution in [3.63, 3.8) is 0 Å². The van der Waals surface area contributed by atoms with Crippen molar-refractivity contribution in [3.8, 4) is 5.75 Å². The smallest absolute Gasteiger partial charge is 0.137 e. The predicted molar refractivity (Wildman–Crippen MR) is 89.5 cm³/mol. The van der Waals surface area contributed by atoms with Gasteiger partial charge in [-0.3, -0.25) is 0 Å². The van der Waals surface area contributed by atoms with Gasteiger partial charge in [-0.15, -0.1) is 0 Å². The van der Waals surface area contributed by atoms with Crippen LogP contribution in [0.2, 0.25) is 0 Å². The van der Waals surface area contributed by atoms with Crippen LogP contribution in [0.25, 0.3) is 0 Å². The zero-order valence-corrected chi connectivity index (χ0v) is 15.4. The molecule has 0 aliphatic carbocycles. The first-order valence-corrected chi connectivity index (χ1v) is 8.08. The van der Waals surface area contributed by atoms with Crippen LogP contribution in [-0.4, -0.2) is 52.4 Å². The molecule has 0 bridgehead atoms. The number of likely N-dealkylation sites (N-methyl/N-ethyl adjacent to an activating group) is 1. The minimum Gasteiger partial charge on any atom is -0.495 e. The molecule has 0 fully saturated rings. The van der Waals surface area contributed by atoms with E-state index in [0.717, 1.165) is 46.5 Å². The predicted octanol–water partition coefficient (Wildman–Crippen LogP) is 2.89. The van der Waals surface area contributed by atoms with Gasteiger partial charge < -0.3 is 19.7 Å². The molecule has 6 heteroatoms. The van der Waals surface area contributed by atoms with Gasteiger partial charge in [-0.1, -0.05) is 15.9 Å². The fourth-order valence-corrected chi connectivity index (χ4v) is 3.17. The number of hydrogen-bond donors (Lipinski definition) is 1. The number of hydrogen-bond acceptors (Lipinski definition) is 4. The van der Waals surface area contributed by atoms with E-state index in [1.54, 1.807) is 7.11 Å². The Kier molecular flexibility index (Phi) is 8.72. The molecule has 0 heterocycles. The summed E-state index contributed by atoms with van der Waals surface area (Å²) in [6, 6.07) is 4.04. The fraction of sp³-hybridized carbons (Fsp3) is 0.571. The summed E-state index contributed by atoms with van der Waals surface area (Å²) in [5, 5.41) is 3.36. The molecule has 1 aromatic carbocycles. The van der Waals surface area contributed by atoms with Gasteiger partial charge in [-0.05, 0) is 42.2 Å². The maximum Gasteiger partial charge on any atom is 0.137 e. The Bertz CT molecular complexity index is 414. The Morgan fingerprint density at radius 1 is 1.20 bits per heavy atom. The van der Waals surface area contributed by atoms with Gasteiger partial charge in [0.25, 0.3) is 0 Å². The first-order chi connectivity index (χ1) is 9.54. The van der Waals surface area contributed by atoms with Crippen molar-refractivity contribution in [2.45, 2.75) is 6.54 Å². The van der Waals surface area contributed by atoms with Crippen molar-refractivity contribution in [2.75, 3.05) is 47.5 Å². The summed E-state index contributed by atoms with van der Waals surface area (Å²) in [4.78, 5) is 2.11. The third kappa shape index (κ3) is 6.54. The number of ether oxygens (including phenoxy) is 2. The van der Waals surface area contributed by atoms with E-state index in [0.29, 0.717) is 6.61 Å². The molecule has 0 saturated heterocycles. The van der Waals surface area contributed by atoms with Crippen LogP contribution in [0.5, 0.6) is 5.75 Å². The maximum atomic E-state index is 5.53. The van der Waals surface area contributed by atoms with Crippen LogP contribution < -0.4 is 10.1 Å². The van der Waals surface area contributed by atoms with Gasteiger partial charge in [0.15, 0.2) is 0 Å². The third-order valence-electron chi connectivity index (χ3n) is 2.71. The monoisotopic (exact) mass is 408 g/mol. The number of benzene rings is 1. The number of nitrogens with one attached hydrogen (secondary N) is 1. The van der Waals surface area contributed by atoms with Gasteiger partial charge in [-0.25, -0.2) is 0 Å². The molecule has 0 spiro atoms. The highest BCUT2D eigenvalue weighted by molar-refractivity contribution is 9.11. The maximum absolute atomic E-state index is 5.53. The van der Waals surface area contributed by atoms with E-state index in [2.05, 4.69) is 48.1 Å². The lowest BCUT2D eigenvalue weighted by Crippen LogP contribution is -2.23. The summed E-state index contributed by atoms with van der Waals surface area (Å²) in [5.74, 6) is 0.870. The van der Waals surface area contributed by atoms with Gasteiger partial charge >= 0.3 is 0 Å². The molecular weight excluding hydrogens is 388 g/mol. The molecule has 1 aromatic rings. The highest BCUT2D eigenvalue weighted by atomic mass is 79.9. The molecule has 20 heavy (non-hydrogen) atoms. The van der Waals surface area contributed by atoms with Gasteiger partial charge in [0.05, 0.1) is 24.8 Å². The van der Waals surface area contributed by atoms with Gasteiger partial charge in [0.2, 0.25) is 0 Å². The Morgan fingerprint density at radius 2 is 1.95 bits per heavy atom. The van der Waals surface area contributed by atoms with Gasteiger partial charge in [0.1, 0.15) is 5.75 Å². The van der Waals surface area contributed by atoms with Crippen LogP contribution in [0.3, 0.4) is 0 Å². The first kappa shape index (κ1) is 17.9. The highest BCUT2D eigenvalue weighted by Crippen LogP contribution is 2.32. The van der Waals surface area contributed by atoms with Crippen LogP contribution in [-0.2, 0) is 11.3 Å². The van der Waals surface area contributed by atoms with Gasteiger partial charge in [-0.2, -0.15) is 0 Å². The molecule has 0 aromatic heterocycles. The first-order valence-electron chi connectivity index (χ1n) is 6.49. The van der Waals surface area contributed by atoms with E-state index in [9.17, 15) is 0 Å². The summed E-state index contributed by atoms with van der Waals surface area (Å²) in [6.07, 6.45) is 0. The lowest BCUT2D eigenvalue weighted by molar-refractivity contribution is 0.119. The molecule has 1 N–H and O–H groups in total. The van der Waals surface area contributed by atoms with Crippen molar-refractivity contribution >= 4 is 31.9 Å². The minimum atomic E-state index is 0.714. The zero-order valence-electron chi connectivity index (χ0n) is 12.2. The Morgan fingerprint density at radius 3 is 2.60 bits per heavy atom. The van der Waals surface area contributed by atoms with Gasteiger partial charge in [0, 0.05) is 29.7 Å². The van der Waals surface area contributed by atoms with Crippen molar-refractivity contribution < 1.29 is 9.47 Å². The van der Waals surface area contributed by atoms with E-state index in [4.69, 9.17) is 9.47 Å². The molecule has 0 amide bonds. The summed E-state index contributed by atoms with van der Waals surface area (Å²) in [5.41, 5.74) is 1.11. The average Bonchev–Trinajstić information content (AvgIpc) is 2.36. The Balaban J connectivity index is 2.31. The van der Waals surface area contributed by atoms with Crippen molar-refractivity contribution in [3.05, 3.63) is 26.6 Å². The van der Waals surface area contributed by atoms with Crippen LogP contribution in [0.1, 0.15) is 5.56 Å². The highest BCUT2D eigenvalue weighted by Gasteiger charge is 2.08. The summed E-state index contributed by atoms with van der Waals surface area (Å²) >= 11 is 6.99. The normalized spacial score (nSPS) is 11.1. The zero-order chi connectivity index (χ0) is 15.0. The van der Waals surface area contributed by atoms with E-state index < -0.39 is 0 Å². The quantitative estimate of drug-likeness (QED) is 0.636. The van der Waals surface area contributed by atoms with Crippen molar-refractivity contribution in [1.82, 2.24) is 10.2 Å². The summed E-state index contributed by atoms with van der Waals surface area (Å²) in [6.45, 7) is 4.00. The number of nitrogens with zero attached hydrogens (tertiary/aromatic N) is 1. The summed E-state index contributed by atoms with van der Waals surface area (Å²) < 4.78 is 12.9. The average molecular weight is 410 g/mol. The molecule has 114 valence electrons. The number of halogens is 2. The molecule has 4 nitrogen and oxygen atoms in total. The van der Waals surface area contributed by atoms with E-state index >= 15 is 0 Å². The molecule has 0 saturated carbocycles. The Hall–Kier alpha value is -0.140. The standard InChI is InChI=1S/C14H22Br2N2O2/c1-18(2)5-7-20-6-4-17-10-11-8-12(15)9-13(16)14(11)19-3/h8-9,17H,4-7,10H2,1-3H3. The largest absolute Gasteiger partial charge is 0.495 e. The molecule has 0 atom stereocenters. The Labute approximate surface area is 138 Å². The molecule has 0 aliphatic heterocycles. The van der Waals surface area contributed by atoms with E-state index in [-0.39, 0.29) is 0 Å².